The monoisotopic (exact) mass is 386 g/mol. The van der Waals surface area contributed by atoms with E-state index in [1.165, 1.54) is 12.8 Å². The number of fused-ring (bicyclic) bond motifs is 1. The van der Waals surface area contributed by atoms with Crippen LogP contribution in [0.5, 0.6) is 0 Å². The van der Waals surface area contributed by atoms with E-state index in [-0.39, 0.29) is 11.8 Å². The summed E-state index contributed by atoms with van der Waals surface area (Å²) in [5.41, 5.74) is 1.86. The molecule has 6 nitrogen and oxygen atoms in total. The van der Waals surface area contributed by atoms with Gasteiger partial charge in [-0.3, -0.25) is 14.3 Å². The molecule has 1 aromatic heterocycles. The van der Waals surface area contributed by atoms with Gasteiger partial charge in [-0.25, -0.2) is 0 Å². The van der Waals surface area contributed by atoms with Crippen LogP contribution in [0.3, 0.4) is 0 Å². The van der Waals surface area contributed by atoms with E-state index in [4.69, 9.17) is 0 Å². The zero-order valence-electron chi connectivity index (χ0n) is 17.4. The van der Waals surface area contributed by atoms with Crippen molar-refractivity contribution in [2.75, 3.05) is 26.2 Å². The fraction of sp³-hybridized carbons (Fsp3) is 0.773. The first-order valence-corrected chi connectivity index (χ1v) is 11.2. The lowest BCUT2D eigenvalue weighted by atomic mass is 9.76. The number of piperazine rings is 1. The summed E-state index contributed by atoms with van der Waals surface area (Å²) >= 11 is 0. The molecule has 4 rings (SSSR count). The Morgan fingerprint density at radius 3 is 2.32 bits per heavy atom. The molecule has 154 valence electrons. The molecule has 2 amide bonds. The third-order valence-corrected chi connectivity index (χ3v) is 7.16. The molecule has 1 aromatic rings. The maximum absolute atomic E-state index is 13.0. The molecule has 3 heterocycles. The van der Waals surface area contributed by atoms with Gasteiger partial charge in [-0.15, -0.1) is 0 Å². The quantitative estimate of drug-likeness (QED) is 0.802. The van der Waals surface area contributed by atoms with E-state index >= 15 is 0 Å². The van der Waals surface area contributed by atoms with Gasteiger partial charge in [0.2, 0.25) is 5.91 Å². The third-order valence-electron chi connectivity index (χ3n) is 7.16. The van der Waals surface area contributed by atoms with E-state index in [1.807, 2.05) is 14.5 Å². The molecule has 1 saturated heterocycles. The molecule has 2 fully saturated rings. The zero-order valence-corrected chi connectivity index (χ0v) is 17.4. The van der Waals surface area contributed by atoms with Crippen molar-refractivity contribution < 1.29 is 9.59 Å². The lowest BCUT2D eigenvalue weighted by Gasteiger charge is -2.38. The van der Waals surface area contributed by atoms with Crippen LogP contribution in [0.25, 0.3) is 0 Å². The van der Waals surface area contributed by atoms with Crippen molar-refractivity contribution in [3.8, 4) is 0 Å². The Morgan fingerprint density at radius 1 is 0.964 bits per heavy atom. The van der Waals surface area contributed by atoms with Gasteiger partial charge in [-0.1, -0.05) is 13.8 Å². The van der Waals surface area contributed by atoms with Gasteiger partial charge in [-0.2, -0.15) is 5.10 Å². The van der Waals surface area contributed by atoms with Crippen molar-refractivity contribution >= 4 is 11.8 Å². The molecule has 0 aromatic carbocycles. The van der Waals surface area contributed by atoms with Crippen molar-refractivity contribution in [1.29, 1.82) is 0 Å². The molecule has 0 atom stereocenters. The van der Waals surface area contributed by atoms with Crippen LogP contribution in [0.15, 0.2) is 6.20 Å². The summed E-state index contributed by atoms with van der Waals surface area (Å²) in [5.74, 6) is 2.10. The molecule has 28 heavy (non-hydrogen) atoms. The van der Waals surface area contributed by atoms with Gasteiger partial charge in [0, 0.05) is 38.6 Å². The van der Waals surface area contributed by atoms with Crippen LogP contribution in [0.2, 0.25) is 0 Å². The van der Waals surface area contributed by atoms with Crippen LogP contribution in [0.4, 0.5) is 0 Å². The zero-order chi connectivity index (χ0) is 19.7. The van der Waals surface area contributed by atoms with E-state index in [1.54, 1.807) is 6.20 Å². The molecular formula is C22H34N4O2. The SMILES string of the molecule is CC(C)C1CCC(C(=O)N2CCN(C(=O)c3cnn4c3CCCC4)CC2)CC1. The van der Waals surface area contributed by atoms with E-state index in [0.29, 0.717) is 32.1 Å². The highest BCUT2D eigenvalue weighted by Crippen LogP contribution is 2.34. The van der Waals surface area contributed by atoms with E-state index in [0.717, 1.165) is 61.7 Å². The summed E-state index contributed by atoms with van der Waals surface area (Å²) < 4.78 is 1.99. The first-order valence-electron chi connectivity index (χ1n) is 11.2. The van der Waals surface area contributed by atoms with Gasteiger partial charge in [0.25, 0.3) is 5.91 Å². The second-order valence-corrected chi connectivity index (χ2v) is 9.16. The second-order valence-electron chi connectivity index (χ2n) is 9.16. The first kappa shape index (κ1) is 19.5. The maximum atomic E-state index is 13.0. The molecule has 1 saturated carbocycles. The van der Waals surface area contributed by atoms with Gasteiger partial charge in [-0.05, 0) is 56.8 Å². The minimum absolute atomic E-state index is 0.0905. The molecule has 6 heteroatoms. The smallest absolute Gasteiger partial charge is 0.257 e. The van der Waals surface area contributed by atoms with Crippen molar-refractivity contribution in [1.82, 2.24) is 19.6 Å². The number of rotatable bonds is 3. The van der Waals surface area contributed by atoms with Crippen molar-refractivity contribution in [3.05, 3.63) is 17.5 Å². The van der Waals surface area contributed by atoms with Gasteiger partial charge in [0.1, 0.15) is 0 Å². The summed E-state index contributed by atoms with van der Waals surface area (Å²) in [6.45, 7) is 8.11. The number of amides is 2. The minimum Gasteiger partial charge on any atom is -0.339 e. The summed E-state index contributed by atoms with van der Waals surface area (Å²) in [6, 6.07) is 0. The second kappa shape index (κ2) is 8.26. The Morgan fingerprint density at radius 2 is 1.64 bits per heavy atom. The minimum atomic E-state index is 0.0905. The molecule has 0 radical (unpaired) electrons. The van der Waals surface area contributed by atoms with Crippen LogP contribution >= 0.6 is 0 Å². The Hall–Kier alpha value is -1.85. The number of aryl methyl sites for hydroxylation is 1. The van der Waals surface area contributed by atoms with Crippen LogP contribution in [0.1, 0.15) is 68.4 Å². The number of carbonyl (C=O) groups excluding carboxylic acids is 2. The lowest BCUT2D eigenvalue weighted by molar-refractivity contribution is -0.138. The highest BCUT2D eigenvalue weighted by atomic mass is 16.2. The maximum Gasteiger partial charge on any atom is 0.257 e. The van der Waals surface area contributed by atoms with E-state index < -0.39 is 0 Å². The number of hydrogen-bond acceptors (Lipinski definition) is 3. The summed E-state index contributed by atoms with van der Waals surface area (Å²) in [7, 11) is 0. The normalized spacial score (nSPS) is 25.7. The predicted octanol–water partition coefficient (Wildman–Crippen LogP) is 2.97. The third kappa shape index (κ3) is 3.83. The molecule has 0 unspecified atom stereocenters. The van der Waals surface area contributed by atoms with Crippen molar-refractivity contribution in [2.45, 2.75) is 65.3 Å². The van der Waals surface area contributed by atoms with Gasteiger partial charge >= 0.3 is 0 Å². The van der Waals surface area contributed by atoms with Gasteiger partial charge < -0.3 is 9.80 Å². The summed E-state index contributed by atoms with van der Waals surface area (Å²) in [5, 5.41) is 4.40. The van der Waals surface area contributed by atoms with E-state index in [9.17, 15) is 9.59 Å². The largest absolute Gasteiger partial charge is 0.339 e. The van der Waals surface area contributed by atoms with Gasteiger partial charge in [0.05, 0.1) is 17.5 Å². The number of hydrogen-bond donors (Lipinski definition) is 0. The van der Waals surface area contributed by atoms with E-state index in [2.05, 4.69) is 18.9 Å². The Labute approximate surface area is 168 Å². The highest BCUT2D eigenvalue weighted by Gasteiger charge is 2.33. The lowest BCUT2D eigenvalue weighted by Crippen LogP contribution is -2.52. The van der Waals surface area contributed by atoms with Gasteiger partial charge in [0.15, 0.2) is 0 Å². The average molecular weight is 387 g/mol. The van der Waals surface area contributed by atoms with Crippen molar-refractivity contribution in [3.63, 3.8) is 0 Å². The fourth-order valence-electron chi connectivity index (χ4n) is 5.19. The van der Waals surface area contributed by atoms with Crippen LogP contribution in [-0.4, -0.2) is 57.6 Å². The predicted molar refractivity (Wildman–Crippen MR) is 108 cm³/mol. The number of aromatic nitrogens is 2. The molecule has 2 aliphatic heterocycles. The molecule has 3 aliphatic rings. The summed E-state index contributed by atoms with van der Waals surface area (Å²) in [4.78, 5) is 29.8. The summed E-state index contributed by atoms with van der Waals surface area (Å²) in [6.07, 6.45) is 9.38. The van der Waals surface area contributed by atoms with Crippen LogP contribution in [0, 0.1) is 17.8 Å². The molecule has 0 bridgehead atoms. The Kier molecular flexibility index (Phi) is 5.74. The topological polar surface area (TPSA) is 58.4 Å². The molecule has 0 N–H and O–H groups in total. The standard InChI is InChI=1S/C22H34N4O2/c1-16(2)17-6-8-18(9-7-17)21(27)24-11-13-25(14-12-24)22(28)19-15-23-26-10-4-3-5-20(19)26/h15-18H,3-14H2,1-2H3. The fourth-order valence-corrected chi connectivity index (χ4v) is 5.19. The average Bonchev–Trinajstić information content (AvgIpc) is 3.17. The molecule has 0 spiro atoms. The molecule has 1 aliphatic carbocycles. The van der Waals surface area contributed by atoms with Crippen molar-refractivity contribution in [2.24, 2.45) is 17.8 Å². The first-order chi connectivity index (χ1) is 13.5. The number of nitrogens with zero attached hydrogens (tertiary/aromatic N) is 4. The van der Waals surface area contributed by atoms with Crippen LogP contribution < -0.4 is 0 Å². The Balaban J connectivity index is 1.30. The number of carbonyl (C=O) groups is 2. The Bertz CT molecular complexity index is 710. The highest BCUT2D eigenvalue weighted by molar-refractivity contribution is 5.95. The molecular weight excluding hydrogens is 352 g/mol. The van der Waals surface area contributed by atoms with Crippen LogP contribution in [-0.2, 0) is 17.8 Å².